The Labute approximate surface area is 113 Å². The molecule has 0 bridgehead atoms. The zero-order valence-corrected chi connectivity index (χ0v) is 11.7. The van der Waals surface area contributed by atoms with Crippen LogP contribution in [0.5, 0.6) is 5.75 Å². The van der Waals surface area contributed by atoms with Crippen LogP contribution >= 0.6 is 11.6 Å². The van der Waals surface area contributed by atoms with E-state index in [0.29, 0.717) is 17.7 Å². The molecule has 0 spiro atoms. The average Bonchev–Trinajstić information content (AvgIpc) is 2.79. The molecule has 0 aliphatic carbocycles. The van der Waals surface area contributed by atoms with Gasteiger partial charge in [-0.2, -0.15) is 0 Å². The average molecular weight is 270 g/mol. The Hall–Kier alpha value is -0.770. The van der Waals surface area contributed by atoms with Gasteiger partial charge in [-0.1, -0.05) is 17.7 Å². The van der Waals surface area contributed by atoms with Crippen molar-refractivity contribution in [3.63, 3.8) is 0 Å². The number of hydrogen-bond acceptors (Lipinski definition) is 3. The smallest absolute Gasteiger partial charge is 0.138 e. The van der Waals surface area contributed by atoms with Gasteiger partial charge in [0.2, 0.25) is 0 Å². The second kappa shape index (κ2) is 6.41. The SMILES string of the molecule is CNCC1CCC(COc2cc(C)ccc2Cl)O1. The van der Waals surface area contributed by atoms with Gasteiger partial charge in [0.05, 0.1) is 17.2 Å². The van der Waals surface area contributed by atoms with Crippen molar-refractivity contribution < 1.29 is 9.47 Å². The van der Waals surface area contributed by atoms with Crippen molar-refractivity contribution in [2.75, 3.05) is 20.2 Å². The third kappa shape index (κ3) is 3.61. The highest BCUT2D eigenvalue weighted by Crippen LogP contribution is 2.27. The van der Waals surface area contributed by atoms with E-state index in [1.54, 1.807) is 0 Å². The van der Waals surface area contributed by atoms with E-state index in [4.69, 9.17) is 21.1 Å². The zero-order chi connectivity index (χ0) is 13.0. The molecule has 2 atom stereocenters. The molecule has 3 nitrogen and oxygen atoms in total. The van der Waals surface area contributed by atoms with Crippen LogP contribution in [0, 0.1) is 6.92 Å². The Kier molecular flexibility index (Phi) is 4.87. The van der Waals surface area contributed by atoms with E-state index in [1.165, 1.54) is 0 Å². The highest BCUT2D eigenvalue weighted by molar-refractivity contribution is 6.32. The van der Waals surface area contributed by atoms with Crippen molar-refractivity contribution >= 4 is 11.6 Å². The normalized spacial score (nSPS) is 23.3. The first-order chi connectivity index (χ1) is 8.69. The molecule has 0 amide bonds. The summed E-state index contributed by atoms with van der Waals surface area (Å²) < 4.78 is 11.6. The molecule has 18 heavy (non-hydrogen) atoms. The van der Waals surface area contributed by atoms with Crippen molar-refractivity contribution in [1.29, 1.82) is 0 Å². The van der Waals surface area contributed by atoms with Gasteiger partial charge in [-0.05, 0) is 44.5 Å². The molecule has 1 aliphatic rings. The molecular formula is C14H20ClNO2. The lowest BCUT2D eigenvalue weighted by atomic mass is 10.2. The maximum absolute atomic E-state index is 6.08. The number of likely N-dealkylation sites (N-methyl/N-ethyl adjacent to an activating group) is 1. The fourth-order valence-corrected chi connectivity index (χ4v) is 2.36. The number of nitrogens with one attached hydrogen (secondary N) is 1. The van der Waals surface area contributed by atoms with Crippen molar-refractivity contribution in [1.82, 2.24) is 5.32 Å². The third-order valence-electron chi connectivity index (χ3n) is 3.14. The number of benzene rings is 1. The van der Waals surface area contributed by atoms with Gasteiger partial charge in [-0.3, -0.25) is 0 Å². The number of ether oxygens (including phenoxy) is 2. The summed E-state index contributed by atoms with van der Waals surface area (Å²) in [6, 6.07) is 5.80. The van der Waals surface area contributed by atoms with Crippen LogP contribution in [-0.2, 0) is 4.74 Å². The summed E-state index contributed by atoms with van der Waals surface area (Å²) in [4.78, 5) is 0. The number of rotatable bonds is 5. The van der Waals surface area contributed by atoms with E-state index in [0.717, 1.165) is 30.7 Å². The lowest BCUT2D eigenvalue weighted by Gasteiger charge is -2.15. The first-order valence-electron chi connectivity index (χ1n) is 6.38. The van der Waals surface area contributed by atoms with E-state index < -0.39 is 0 Å². The van der Waals surface area contributed by atoms with E-state index >= 15 is 0 Å². The highest BCUT2D eigenvalue weighted by atomic mass is 35.5. The largest absolute Gasteiger partial charge is 0.489 e. The van der Waals surface area contributed by atoms with Crippen LogP contribution in [0.3, 0.4) is 0 Å². The standard InChI is InChI=1S/C14H20ClNO2/c1-10-3-6-13(15)14(7-10)17-9-12-5-4-11(18-12)8-16-2/h3,6-7,11-12,16H,4-5,8-9H2,1-2H3. The molecule has 1 aliphatic heterocycles. The van der Waals surface area contributed by atoms with Crippen molar-refractivity contribution in [2.24, 2.45) is 0 Å². The number of aryl methyl sites for hydroxylation is 1. The van der Waals surface area contributed by atoms with Gasteiger partial charge in [-0.15, -0.1) is 0 Å². The maximum atomic E-state index is 6.08. The minimum atomic E-state index is 0.180. The Bertz CT molecular complexity index is 397. The van der Waals surface area contributed by atoms with E-state index in [9.17, 15) is 0 Å². The van der Waals surface area contributed by atoms with Crippen molar-refractivity contribution in [3.8, 4) is 5.75 Å². The lowest BCUT2D eigenvalue weighted by molar-refractivity contribution is 0.0194. The molecule has 1 saturated heterocycles. The second-order valence-corrected chi connectivity index (χ2v) is 5.17. The van der Waals surface area contributed by atoms with E-state index in [1.807, 2.05) is 32.2 Å². The van der Waals surface area contributed by atoms with Crippen LogP contribution in [0.4, 0.5) is 0 Å². The minimum Gasteiger partial charge on any atom is -0.489 e. The van der Waals surface area contributed by atoms with Gasteiger partial charge in [0.1, 0.15) is 12.4 Å². The van der Waals surface area contributed by atoms with Gasteiger partial charge < -0.3 is 14.8 Å². The van der Waals surface area contributed by atoms with Crippen LogP contribution < -0.4 is 10.1 Å². The summed E-state index contributed by atoms with van der Waals surface area (Å²) in [6.45, 7) is 3.50. The quantitative estimate of drug-likeness (QED) is 0.892. The van der Waals surface area contributed by atoms with Crippen LogP contribution in [-0.4, -0.2) is 32.4 Å². The second-order valence-electron chi connectivity index (χ2n) is 4.76. The van der Waals surface area contributed by atoms with Gasteiger partial charge in [0.25, 0.3) is 0 Å². The van der Waals surface area contributed by atoms with E-state index in [2.05, 4.69) is 5.32 Å². The molecule has 0 aromatic heterocycles. The predicted octanol–water partition coefficient (Wildman–Crippen LogP) is 2.79. The first-order valence-corrected chi connectivity index (χ1v) is 6.76. The van der Waals surface area contributed by atoms with Gasteiger partial charge >= 0.3 is 0 Å². The number of halogens is 1. The summed E-state index contributed by atoms with van der Waals surface area (Å²) >= 11 is 6.08. The van der Waals surface area contributed by atoms with E-state index in [-0.39, 0.29) is 6.10 Å². The third-order valence-corrected chi connectivity index (χ3v) is 3.45. The summed E-state index contributed by atoms with van der Waals surface area (Å²) in [5, 5.41) is 3.79. The molecule has 4 heteroatoms. The Morgan fingerprint density at radius 3 is 2.94 bits per heavy atom. The van der Waals surface area contributed by atoms with Crippen LogP contribution in [0.1, 0.15) is 18.4 Å². The van der Waals surface area contributed by atoms with Crippen LogP contribution in [0.15, 0.2) is 18.2 Å². The summed E-state index contributed by atoms with van der Waals surface area (Å²) in [5.41, 5.74) is 1.15. The molecule has 1 aromatic carbocycles. The summed E-state index contributed by atoms with van der Waals surface area (Å²) in [6.07, 6.45) is 2.64. The number of hydrogen-bond donors (Lipinski definition) is 1. The molecule has 0 saturated carbocycles. The summed E-state index contributed by atoms with van der Waals surface area (Å²) in [5.74, 6) is 0.748. The maximum Gasteiger partial charge on any atom is 0.138 e. The van der Waals surface area contributed by atoms with Crippen LogP contribution in [0.2, 0.25) is 5.02 Å². The highest BCUT2D eigenvalue weighted by Gasteiger charge is 2.25. The Morgan fingerprint density at radius 2 is 2.17 bits per heavy atom. The minimum absolute atomic E-state index is 0.180. The van der Waals surface area contributed by atoms with Crippen molar-refractivity contribution in [2.45, 2.75) is 32.0 Å². The lowest BCUT2D eigenvalue weighted by Crippen LogP contribution is -2.25. The Morgan fingerprint density at radius 1 is 1.39 bits per heavy atom. The fraction of sp³-hybridized carbons (Fsp3) is 0.571. The van der Waals surface area contributed by atoms with Crippen LogP contribution in [0.25, 0.3) is 0 Å². The molecule has 0 radical (unpaired) electrons. The topological polar surface area (TPSA) is 30.5 Å². The predicted molar refractivity (Wildman–Crippen MR) is 73.5 cm³/mol. The molecule has 1 heterocycles. The molecule has 1 aromatic rings. The molecular weight excluding hydrogens is 250 g/mol. The van der Waals surface area contributed by atoms with Gasteiger partial charge in [-0.25, -0.2) is 0 Å². The van der Waals surface area contributed by atoms with Gasteiger partial charge in [0, 0.05) is 6.54 Å². The Balaban J connectivity index is 1.83. The summed E-state index contributed by atoms with van der Waals surface area (Å²) in [7, 11) is 1.94. The molecule has 100 valence electrons. The molecule has 1 fully saturated rings. The molecule has 2 rings (SSSR count). The molecule has 2 unspecified atom stereocenters. The fourth-order valence-electron chi connectivity index (χ4n) is 2.18. The first kappa shape index (κ1) is 13.7. The molecule has 1 N–H and O–H groups in total. The zero-order valence-electron chi connectivity index (χ0n) is 10.9. The monoisotopic (exact) mass is 269 g/mol. The van der Waals surface area contributed by atoms with Crippen molar-refractivity contribution in [3.05, 3.63) is 28.8 Å². The van der Waals surface area contributed by atoms with Gasteiger partial charge in [0.15, 0.2) is 0 Å².